The summed E-state index contributed by atoms with van der Waals surface area (Å²) in [4.78, 5) is 0. The normalized spacial score (nSPS) is 13.7. The first-order valence-corrected chi connectivity index (χ1v) is 6.32. The molecule has 0 rings (SSSR count). The summed E-state index contributed by atoms with van der Waals surface area (Å²) in [6.07, 6.45) is 6.31. The first kappa shape index (κ1) is 14.7. The summed E-state index contributed by atoms with van der Waals surface area (Å²) in [6.45, 7) is 11.6. The van der Waals surface area contributed by atoms with E-state index in [9.17, 15) is 0 Å². The van der Waals surface area contributed by atoms with E-state index in [1.807, 2.05) is 0 Å². The van der Waals surface area contributed by atoms with Crippen molar-refractivity contribution >= 4 is 0 Å². The Morgan fingerprint density at radius 1 is 1.20 bits per heavy atom. The molecule has 0 aliphatic heterocycles. The zero-order valence-electron chi connectivity index (χ0n) is 11.6. The van der Waals surface area contributed by atoms with Crippen molar-refractivity contribution in [3.8, 4) is 0 Å². The molecule has 0 saturated carbocycles. The molecule has 0 aliphatic carbocycles. The van der Waals surface area contributed by atoms with E-state index in [1.54, 1.807) is 0 Å². The highest BCUT2D eigenvalue weighted by Crippen LogP contribution is 2.13. The molecule has 0 aliphatic rings. The van der Waals surface area contributed by atoms with E-state index in [0.29, 0.717) is 0 Å². The fourth-order valence-corrected chi connectivity index (χ4v) is 1.53. The maximum atomic E-state index is 2.38. The first-order valence-electron chi connectivity index (χ1n) is 6.32. The van der Waals surface area contributed by atoms with E-state index in [4.69, 9.17) is 0 Å². The van der Waals surface area contributed by atoms with Crippen LogP contribution in [0.15, 0.2) is 11.6 Å². The third-order valence-corrected chi connectivity index (χ3v) is 3.30. The lowest BCUT2D eigenvalue weighted by molar-refractivity contribution is -0.889. The van der Waals surface area contributed by atoms with Crippen LogP contribution in [0.25, 0.3) is 0 Å². The number of rotatable bonds is 7. The fourth-order valence-electron chi connectivity index (χ4n) is 1.53. The molecule has 0 heterocycles. The molecule has 0 bridgehead atoms. The van der Waals surface area contributed by atoms with Crippen molar-refractivity contribution in [3.05, 3.63) is 11.6 Å². The van der Waals surface area contributed by atoms with Gasteiger partial charge in [-0.3, -0.25) is 0 Å². The topological polar surface area (TPSA) is 0 Å². The number of quaternary nitrogens is 1. The second-order valence-corrected chi connectivity index (χ2v) is 5.73. The summed E-state index contributed by atoms with van der Waals surface area (Å²) >= 11 is 0. The van der Waals surface area contributed by atoms with E-state index >= 15 is 0 Å². The van der Waals surface area contributed by atoms with Crippen molar-refractivity contribution in [2.24, 2.45) is 5.92 Å². The van der Waals surface area contributed by atoms with Crippen LogP contribution in [0.5, 0.6) is 0 Å². The van der Waals surface area contributed by atoms with Crippen molar-refractivity contribution in [3.63, 3.8) is 0 Å². The van der Waals surface area contributed by atoms with Gasteiger partial charge < -0.3 is 4.48 Å². The number of hydrogen-bond acceptors (Lipinski definition) is 0. The first-order chi connectivity index (χ1) is 6.87. The Morgan fingerprint density at radius 2 is 1.80 bits per heavy atom. The summed E-state index contributed by atoms with van der Waals surface area (Å²) in [5, 5.41) is 0. The Hall–Kier alpha value is -0.300. The Balaban J connectivity index is 3.66. The molecule has 0 aromatic carbocycles. The molecule has 0 aromatic heterocycles. The van der Waals surface area contributed by atoms with Crippen molar-refractivity contribution in [2.75, 3.05) is 27.2 Å². The van der Waals surface area contributed by atoms with E-state index in [2.05, 4.69) is 47.9 Å². The Kier molecular flexibility index (Phi) is 6.91. The van der Waals surface area contributed by atoms with Crippen molar-refractivity contribution in [2.45, 2.75) is 47.0 Å². The highest BCUT2D eigenvalue weighted by Gasteiger charge is 2.13. The summed E-state index contributed by atoms with van der Waals surface area (Å²) in [6, 6.07) is 0. The second kappa shape index (κ2) is 7.05. The lowest BCUT2D eigenvalue weighted by Crippen LogP contribution is -2.40. The molecular formula is C14H30N+. The Morgan fingerprint density at radius 3 is 2.27 bits per heavy atom. The van der Waals surface area contributed by atoms with Crippen LogP contribution in [0, 0.1) is 5.92 Å². The number of allylic oxidation sites excluding steroid dienone is 2. The van der Waals surface area contributed by atoms with Crippen LogP contribution < -0.4 is 0 Å². The summed E-state index contributed by atoms with van der Waals surface area (Å²) < 4.78 is 1.16. The highest BCUT2D eigenvalue weighted by molar-refractivity contribution is 4.92. The number of nitrogens with zero attached hydrogens (tertiary/aromatic N) is 1. The lowest BCUT2D eigenvalue weighted by Gasteiger charge is -2.29. The van der Waals surface area contributed by atoms with Crippen molar-refractivity contribution in [1.29, 1.82) is 0 Å². The van der Waals surface area contributed by atoms with Gasteiger partial charge in [-0.05, 0) is 46.0 Å². The lowest BCUT2D eigenvalue weighted by atomic mass is 10.0. The van der Waals surface area contributed by atoms with E-state index < -0.39 is 0 Å². The molecule has 0 spiro atoms. The minimum absolute atomic E-state index is 0.865. The smallest absolute Gasteiger partial charge is 0.0785 e. The predicted molar refractivity (Wildman–Crippen MR) is 70.0 cm³/mol. The summed E-state index contributed by atoms with van der Waals surface area (Å²) in [5.41, 5.74) is 1.45. The maximum absolute atomic E-state index is 2.38. The third kappa shape index (κ3) is 8.68. The molecular weight excluding hydrogens is 182 g/mol. The average molecular weight is 212 g/mol. The van der Waals surface area contributed by atoms with Gasteiger partial charge in [0.25, 0.3) is 0 Å². The molecule has 0 aromatic rings. The largest absolute Gasteiger partial charge is 0.329 e. The zero-order valence-corrected chi connectivity index (χ0v) is 11.6. The van der Waals surface area contributed by atoms with Gasteiger partial charge >= 0.3 is 0 Å². The van der Waals surface area contributed by atoms with Crippen LogP contribution in [0.3, 0.4) is 0 Å². The van der Waals surface area contributed by atoms with Crippen LogP contribution in [0.4, 0.5) is 0 Å². The molecule has 1 atom stereocenters. The van der Waals surface area contributed by atoms with Crippen LogP contribution in [0.2, 0.25) is 0 Å². The van der Waals surface area contributed by atoms with E-state index in [0.717, 1.165) is 10.4 Å². The average Bonchev–Trinajstić information content (AvgIpc) is 2.14. The van der Waals surface area contributed by atoms with Gasteiger partial charge in [0.05, 0.1) is 27.2 Å². The summed E-state index contributed by atoms with van der Waals surface area (Å²) in [5.74, 6) is 0.865. The van der Waals surface area contributed by atoms with Gasteiger partial charge in [0.2, 0.25) is 0 Å². The van der Waals surface area contributed by atoms with Gasteiger partial charge in [-0.1, -0.05) is 18.6 Å². The highest BCUT2D eigenvalue weighted by atomic mass is 15.3. The predicted octanol–water partition coefficient (Wildman–Crippen LogP) is 3.86. The van der Waals surface area contributed by atoms with E-state index in [1.165, 1.54) is 37.9 Å². The molecule has 0 fully saturated rings. The Bertz CT molecular complexity index is 188. The molecule has 90 valence electrons. The standard InChI is InChI=1S/C14H30N/c1-7-15(5,6)12-11-14(4)10-8-9-13(2)3/h9,14H,7-8,10-12H2,1-6H3/q+1/t14-/m1/s1. The molecule has 15 heavy (non-hydrogen) atoms. The van der Waals surface area contributed by atoms with Gasteiger partial charge in [-0.15, -0.1) is 0 Å². The zero-order chi connectivity index (χ0) is 11.9. The van der Waals surface area contributed by atoms with E-state index in [-0.39, 0.29) is 0 Å². The molecule has 0 radical (unpaired) electrons. The van der Waals surface area contributed by atoms with Gasteiger partial charge in [0.15, 0.2) is 0 Å². The summed E-state index contributed by atoms with van der Waals surface area (Å²) in [7, 11) is 4.64. The number of hydrogen-bond donors (Lipinski definition) is 0. The monoisotopic (exact) mass is 212 g/mol. The maximum Gasteiger partial charge on any atom is 0.0785 e. The van der Waals surface area contributed by atoms with Gasteiger partial charge in [-0.2, -0.15) is 0 Å². The van der Waals surface area contributed by atoms with Crippen molar-refractivity contribution in [1.82, 2.24) is 0 Å². The third-order valence-electron chi connectivity index (χ3n) is 3.30. The van der Waals surface area contributed by atoms with Crippen LogP contribution >= 0.6 is 0 Å². The van der Waals surface area contributed by atoms with Gasteiger partial charge in [-0.25, -0.2) is 0 Å². The molecule has 1 nitrogen and oxygen atoms in total. The Labute approximate surface area is 96.8 Å². The van der Waals surface area contributed by atoms with Crippen LogP contribution in [-0.2, 0) is 0 Å². The second-order valence-electron chi connectivity index (χ2n) is 5.73. The molecule has 1 heteroatoms. The van der Waals surface area contributed by atoms with Gasteiger partial charge in [0, 0.05) is 0 Å². The van der Waals surface area contributed by atoms with Gasteiger partial charge in [0.1, 0.15) is 0 Å². The molecule has 0 N–H and O–H groups in total. The minimum atomic E-state index is 0.865. The quantitative estimate of drug-likeness (QED) is 0.444. The SMILES string of the molecule is CC[N+](C)(C)CC[C@H](C)CCC=C(C)C. The van der Waals surface area contributed by atoms with Crippen LogP contribution in [0.1, 0.15) is 47.0 Å². The molecule has 0 amide bonds. The van der Waals surface area contributed by atoms with Crippen LogP contribution in [-0.4, -0.2) is 31.7 Å². The fraction of sp³-hybridized carbons (Fsp3) is 0.857. The van der Waals surface area contributed by atoms with Crippen molar-refractivity contribution < 1.29 is 4.48 Å². The molecule has 0 unspecified atom stereocenters. The minimum Gasteiger partial charge on any atom is -0.329 e. The molecule has 0 saturated heterocycles.